The van der Waals surface area contributed by atoms with Crippen LogP contribution in [0.4, 0.5) is 0 Å². The van der Waals surface area contributed by atoms with Crippen LogP contribution in [0.2, 0.25) is 0 Å². The molecule has 0 radical (unpaired) electrons. The fourth-order valence-electron chi connectivity index (χ4n) is 5.62. The summed E-state index contributed by atoms with van der Waals surface area (Å²) >= 11 is 0. The van der Waals surface area contributed by atoms with Crippen molar-refractivity contribution in [1.29, 1.82) is 0 Å². The monoisotopic (exact) mass is 608 g/mol. The fourth-order valence-corrected chi connectivity index (χ4v) is 6.72. The minimum absolute atomic E-state index is 0.0266. The van der Waals surface area contributed by atoms with Crippen LogP contribution in [-0.2, 0) is 39.5 Å². The van der Waals surface area contributed by atoms with Gasteiger partial charge < -0.3 is 19.1 Å². The average molecular weight is 609 g/mol. The third kappa shape index (κ3) is 6.66. The first-order valence-electron chi connectivity index (χ1n) is 14.3. The highest BCUT2D eigenvalue weighted by molar-refractivity contribution is 7.84. The first kappa shape index (κ1) is 30.5. The molecule has 4 aromatic rings. The van der Waals surface area contributed by atoms with E-state index in [1.807, 2.05) is 48.9 Å². The summed E-state index contributed by atoms with van der Waals surface area (Å²) < 4.78 is 39.7. The zero-order chi connectivity index (χ0) is 30.7. The number of nitrogens with zero attached hydrogens (tertiary/aromatic N) is 4. The number of aromatic hydroxyl groups is 1. The predicted octanol–water partition coefficient (Wildman–Crippen LogP) is 4.25. The van der Waals surface area contributed by atoms with Crippen LogP contribution < -0.4 is 4.18 Å². The number of aliphatic hydroxyl groups excluding tert-OH is 1. The number of phenolic OH excluding ortho intramolecular Hbond substituents is 1. The highest BCUT2D eigenvalue weighted by Crippen LogP contribution is 2.36. The number of unbranched alkanes of at least 4 members (excludes halogenated alkanes) is 1. The van der Waals surface area contributed by atoms with Crippen LogP contribution in [0.5, 0.6) is 11.5 Å². The molecular formula is C31H36N4O7S. The van der Waals surface area contributed by atoms with Gasteiger partial charge in [-0.25, -0.2) is 4.68 Å². The van der Waals surface area contributed by atoms with Gasteiger partial charge in [-0.1, -0.05) is 35.0 Å². The number of hydrogen-bond donors (Lipinski definition) is 2. The number of benzene rings is 3. The number of rotatable bonds is 11. The summed E-state index contributed by atoms with van der Waals surface area (Å²) in [6.07, 6.45) is 1.54. The van der Waals surface area contributed by atoms with Crippen molar-refractivity contribution in [2.45, 2.75) is 65.6 Å². The Morgan fingerprint density at radius 1 is 1.12 bits per heavy atom. The van der Waals surface area contributed by atoms with E-state index in [0.29, 0.717) is 18.5 Å². The Morgan fingerprint density at radius 3 is 2.70 bits per heavy atom. The number of aliphatic hydroxyl groups is 1. The van der Waals surface area contributed by atoms with E-state index < -0.39 is 10.3 Å². The number of aryl methyl sites for hydroxylation is 3. The summed E-state index contributed by atoms with van der Waals surface area (Å²) in [5.41, 5.74) is 6.45. The van der Waals surface area contributed by atoms with Crippen molar-refractivity contribution >= 4 is 27.3 Å². The van der Waals surface area contributed by atoms with Crippen molar-refractivity contribution in [3.63, 3.8) is 0 Å². The maximum Gasteiger partial charge on any atom is 0.385 e. The molecule has 3 aromatic carbocycles. The molecular weight excluding hydrogens is 572 g/mol. The largest absolute Gasteiger partial charge is 0.508 e. The fraction of sp³-hybridized carbons (Fsp3) is 0.387. The molecule has 43 heavy (non-hydrogen) atoms. The smallest absolute Gasteiger partial charge is 0.385 e. The number of fused-ring (bicyclic) bond motifs is 2. The SMILES string of the molecule is CCOC(=O)CC(c1cc(C)cc(CN2Cc3cc(O)ccc3OS2(=O)=O)c1)c1ccc2c(nnn2CCCCO)c1C. The lowest BCUT2D eigenvalue weighted by atomic mass is 9.84. The highest BCUT2D eigenvalue weighted by Gasteiger charge is 2.32. The quantitative estimate of drug-likeness (QED) is 0.189. The zero-order valence-corrected chi connectivity index (χ0v) is 25.3. The van der Waals surface area contributed by atoms with E-state index in [1.54, 1.807) is 6.92 Å². The number of aromatic nitrogens is 3. The van der Waals surface area contributed by atoms with E-state index in [-0.39, 0.29) is 56.1 Å². The molecule has 1 atom stereocenters. The van der Waals surface area contributed by atoms with Crippen molar-refractivity contribution in [2.24, 2.45) is 0 Å². The maximum atomic E-state index is 13.0. The number of esters is 1. The zero-order valence-electron chi connectivity index (χ0n) is 24.5. The molecule has 1 aliphatic rings. The molecule has 11 nitrogen and oxygen atoms in total. The lowest BCUT2D eigenvalue weighted by Crippen LogP contribution is -2.37. The molecule has 0 amide bonds. The van der Waals surface area contributed by atoms with Gasteiger partial charge in [0.05, 0.1) is 18.5 Å². The second kappa shape index (κ2) is 12.7. The van der Waals surface area contributed by atoms with Crippen molar-refractivity contribution in [3.8, 4) is 11.5 Å². The van der Waals surface area contributed by atoms with Crippen LogP contribution in [0.25, 0.3) is 11.0 Å². The van der Waals surface area contributed by atoms with Crippen molar-refractivity contribution in [1.82, 2.24) is 19.3 Å². The van der Waals surface area contributed by atoms with Crippen molar-refractivity contribution < 1.29 is 32.3 Å². The van der Waals surface area contributed by atoms with Gasteiger partial charge in [0.1, 0.15) is 17.0 Å². The molecule has 5 rings (SSSR count). The van der Waals surface area contributed by atoms with Crippen molar-refractivity contribution in [3.05, 3.63) is 81.9 Å². The summed E-state index contributed by atoms with van der Waals surface area (Å²) in [4.78, 5) is 12.8. The molecule has 0 spiro atoms. The van der Waals surface area contributed by atoms with Crippen LogP contribution in [0.1, 0.15) is 65.5 Å². The molecule has 0 saturated heterocycles. The normalized spacial score (nSPS) is 15.2. The second-order valence-corrected chi connectivity index (χ2v) is 12.3. The van der Waals surface area contributed by atoms with Crippen LogP contribution in [-0.4, -0.2) is 57.1 Å². The number of ether oxygens (including phenoxy) is 1. The molecule has 1 aliphatic heterocycles. The summed E-state index contributed by atoms with van der Waals surface area (Å²) in [6.45, 7) is 6.76. The maximum absolute atomic E-state index is 13.0. The molecule has 1 unspecified atom stereocenters. The van der Waals surface area contributed by atoms with Crippen LogP contribution in [0.15, 0.2) is 48.5 Å². The van der Waals surface area contributed by atoms with E-state index in [0.717, 1.165) is 45.3 Å². The molecule has 12 heteroatoms. The molecule has 2 heterocycles. The van der Waals surface area contributed by atoms with Gasteiger partial charge in [0.2, 0.25) is 0 Å². The van der Waals surface area contributed by atoms with E-state index >= 15 is 0 Å². The third-order valence-electron chi connectivity index (χ3n) is 7.63. The van der Waals surface area contributed by atoms with E-state index in [4.69, 9.17) is 14.0 Å². The first-order chi connectivity index (χ1) is 20.6. The van der Waals surface area contributed by atoms with Gasteiger partial charge >= 0.3 is 16.3 Å². The number of phenols is 1. The molecule has 0 aliphatic carbocycles. The molecule has 0 saturated carbocycles. The molecule has 1 aromatic heterocycles. The van der Waals surface area contributed by atoms with Crippen molar-refractivity contribution in [2.75, 3.05) is 13.2 Å². The number of carbonyl (C=O) groups is 1. The Labute approximate surface area is 250 Å². The van der Waals surface area contributed by atoms with Crippen LogP contribution in [0, 0.1) is 13.8 Å². The summed E-state index contributed by atoms with van der Waals surface area (Å²) in [6, 6.07) is 14.1. The predicted molar refractivity (Wildman–Crippen MR) is 160 cm³/mol. The minimum Gasteiger partial charge on any atom is -0.508 e. The summed E-state index contributed by atoms with van der Waals surface area (Å²) in [5.74, 6) is -0.497. The van der Waals surface area contributed by atoms with E-state index in [2.05, 4.69) is 10.3 Å². The van der Waals surface area contributed by atoms with Gasteiger partial charge in [0, 0.05) is 37.7 Å². The highest BCUT2D eigenvalue weighted by atomic mass is 32.2. The minimum atomic E-state index is -4.06. The number of carbonyl (C=O) groups excluding carboxylic acids is 1. The van der Waals surface area contributed by atoms with Crippen LogP contribution >= 0.6 is 0 Å². The first-order valence-corrected chi connectivity index (χ1v) is 15.7. The summed E-state index contributed by atoms with van der Waals surface area (Å²) in [7, 11) is -4.06. The Hall–Kier alpha value is -4.00. The Bertz CT molecular complexity index is 1750. The summed E-state index contributed by atoms with van der Waals surface area (Å²) in [5, 5.41) is 27.8. The van der Waals surface area contributed by atoms with Gasteiger partial charge in [-0.15, -0.1) is 5.10 Å². The topological polar surface area (TPSA) is 144 Å². The van der Waals surface area contributed by atoms with Gasteiger partial charge in [-0.3, -0.25) is 4.79 Å². The van der Waals surface area contributed by atoms with Gasteiger partial charge in [0.25, 0.3) is 0 Å². The lowest BCUT2D eigenvalue weighted by molar-refractivity contribution is -0.143. The lowest BCUT2D eigenvalue weighted by Gasteiger charge is -2.28. The molecule has 228 valence electrons. The van der Waals surface area contributed by atoms with E-state index in [1.165, 1.54) is 22.5 Å². The van der Waals surface area contributed by atoms with Crippen LogP contribution in [0.3, 0.4) is 0 Å². The second-order valence-electron chi connectivity index (χ2n) is 10.8. The Kier molecular flexibility index (Phi) is 9.00. The third-order valence-corrected chi connectivity index (χ3v) is 8.92. The van der Waals surface area contributed by atoms with Gasteiger partial charge in [0.15, 0.2) is 0 Å². The molecule has 2 N–H and O–H groups in total. The number of hydrogen-bond acceptors (Lipinski definition) is 9. The van der Waals surface area contributed by atoms with Gasteiger partial charge in [-0.2, -0.15) is 12.7 Å². The standard InChI is InChI=1S/C31H36N4O7S/c1-4-41-30(38)17-27(26-8-9-28-31(21(26)3)32-33-35(28)11-5-6-12-36)23-14-20(2)13-22(15-23)18-34-19-24-16-25(37)7-10-29(24)42-43(34,39)40/h7-10,13-16,27,36-37H,4-6,11-12,17-19H2,1-3H3. The average Bonchev–Trinajstić information content (AvgIpc) is 3.36. The van der Waals surface area contributed by atoms with E-state index in [9.17, 15) is 18.3 Å². The Balaban J connectivity index is 1.50. The molecule has 0 fully saturated rings. The molecule has 0 bridgehead atoms. The Morgan fingerprint density at radius 2 is 1.93 bits per heavy atom. The van der Waals surface area contributed by atoms with Gasteiger partial charge in [-0.05, 0) is 80.1 Å².